The molecule has 0 aliphatic carbocycles. The number of rotatable bonds is 7. The molecule has 0 bridgehead atoms. The number of nitro benzene ring substituents is 1. The number of sulfonamides is 1. The molecular formula is C16H20N4O6S. The Bertz CT molecular complexity index is 900. The SMILES string of the molecule is COc1ccc(S(=O)(=O)NC[C@@H]2CCCO[C@H]2c2ccn[nH]2)c([N+](=O)[O-])c1. The van der Waals surface area contributed by atoms with E-state index >= 15 is 0 Å². The van der Waals surface area contributed by atoms with Gasteiger partial charge in [-0.15, -0.1) is 0 Å². The molecule has 0 radical (unpaired) electrons. The van der Waals surface area contributed by atoms with E-state index in [9.17, 15) is 18.5 Å². The second-order valence-corrected chi connectivity index (χ2v) is 7.88. The van der Waals surface area contributed by atoms with Gasteiger partial charge >= 0.3 is 0 Å². The molecule has 2 N–H and O–H groups in total. The molecule has 10 nitrogen and oxygen atoms in total. The van der Waals surface area contributed by atoms with Crippen molar-refractivity contribution >= 4 is 15.7 Å². The van der Waals surface area contributed by atoms with Crippen LogP contribution in [-0.2, 0) is 14.8 Å². The molecule has 1 aliphatic heterocycles. The van der Waals surface area contributed by atoms with Crippen molar-refractivity contribution in [3.63, 3.8) is 0 Å². The van der Waals surface area contributed by atoms with Gasteiger partial charge in [0.15, 0.2) is 4.90 Å². The number of H-pyrrole nitrogens is 1. The Balaban J connectivity index is 1.79. The first-order chi connectivity index (χ1) is 12.9. The molecule has 27 heavy (non-hydrogen) atoms. The fourth-order valence-corrected chi connectivity index (χ4v) is 4.35. The van der Waals surface area contributed by atoms with E-state index in [2.05, 4.69) is 14.9 Å². The van der Waals surface area contributed by atoms with E-state index in [4.69, 9.17) is 9.47 Å². The van der Waals surface area contributed by atoms with E-state index in [1.807, 2.05) is 0 Å². The third-order valence-corrected chi connectivity index (χ3v) is 5.93. The summed E-state index contributed by atoms with van der Waals surface area (Å²) in [5, 5.41) is 18.0. The number of hydrogen-bond acceptors (Lipinski definition) is 7. The summed E-state index contributed by atoms with van der Waals surface area (Å²) in [7, 11) is -2.73. The van der Waals surface area contributed by atoms with Crippen LogP contribution in [0.15, 0.2) is 35.4 Å². The van der Waals surface area contributed by atoms with Crippen molar-refractivity contribution in [2.45, 2.75) is 23.8 Å². The molecular weight excluding hydrogens is 376 g/mol. The largest absolute Gasteiger partial charge is 0.497 e. The Labute approximate surface area is 156 Å². The monoisotopic (exact) mass is 396 g/mol. The lowest BCUT2D eigenvalue weighted by atomic mass is 9.92. The van der Waals surface area contributed by atoms with E-state index in [1.54, 1.807) is 12.3 Å². The normalized spacial score (nSPS) is 20.3. The van der Waals surface area contributed by atoms with E-state index in [0.29, 0.717) is 6.61 Å². The molecule has 0 saturated carbocycles. The van der Waals surface area contributed by atoms with Crippen LogP contribution in [0.3, 0.4) is 0 Å². The fraction of sp³-hybridized carbons (Fsp3) is 0.438. The topological polar surface area (TPSA) is 136 Å². The minimum absolute atomic E-state index is 0.0925. The summed E-state index contributed by atoms with van der Waals surface area (Å²) in [4.78, 5) is 10.1. The van der Waals surface area contributed by atoms with Gasteiger partial charge in [0, 0.05) is 25.3 Å². The van der Waals surface area contributed by atoms with E-state index < -0.39 is 25.5 Å². The number of benzene rings is 1. The van der Waals surface area contributed by atoms with Crippen molar-refractivity contribution in [1.29, 1.82) is 0 Å². The van der Waals surface area contributed by atoms with Crippen LogP contribution < -0.4 is 9.46 Å². The van der Waals surface area contributed by atoms with Crippen LogP contribution in [0.4, 0.5) is 5.69 Å². The van der Waals surface area contributed by atoms with Crippen LogP contribution in [0.5, 0.6) is 5.75 Å². The molecule has 2 atom stereocenters. The second kappa shape index (κ2) is 8.03. The smallest absolute Gasteiger partial charge is 0.293 e. The van der Waals surface area contributed by atoms with Crippen molar-refractivity contribution in [2.24, 2.45) is 5.92 Å². The minimum atomic E-state index is -4.08. The zero-order chi connectivity index (χ0) is 19.4. The first-order valence-corrected chi connectivity index (χ1v) is 9.83. The van der Waals surface area contributed by atoms with E-state index in [0.717, 1.165) is 24.6 Å². The highest BCUT2D eigenvalue weighted by atomic mass is 32.2. The molecule has 1 saturated heterocycles. The summed E-state index contributed by atoms with van der Waals surface area (Å²) in [5.41, 5.74) is 0.237. The summed E-state index contributed by atoms with van der Waals surface area (Å²) in [6.07, 6.45) is 2.86. The van der Waals surface area contributed by atoms with Gasteiger partial charge < -0.3 is 9.47 Å². The molecule has 1 aliphatic rings. The summed E-state index contributed by atoms with van der Waals surface area (Å²) in [6.45, 7) is 0.673. The first-order valence-electron chi connectivity index (χ1n) is 8.35. The molecule has 0 spiro atoms. The van der Waals surface area contributed by atoms with Crippen LogP contribution in [0.2, 0.25) is 0 Å². The molecule has 2 heterocycles. The van der Waals surface area contributed by atoms with Crippen LogP contribution in [-0.4, -0.2) is 43.8 Å². The van der Waals surface area contributed by atoms with Gasteiger partial charge in [-0.3, -0.25) is 15.2 Å². The quantitative estimate of drug-likeness (QED) is 0.537. The van der Waals surface area contributed by atoms with Gasteiger partial charge in [-0.2, -0.15) is 5.10 Å². The number of methoxy groups -OCH3 is 1. The number of nitrogens with one attached hydrogen (secondary N) is 2. The number of aromatic nitrogens is 2. The molecule has 146 valence electrons. The predicted octanol–water partition coefficient (Wildman–Crippen LogP) is 1.77. The first kappa shape index (κ1) is 19.3. The highest BCUT2D eigenvalue weighted by molar-refractivity contribution is 7.89. The van der Waals surface area contributed by atoms with Crippen LogP contribution in [0.1, 0.15) is 24.6 Å². The van der Waals surface area contributed by atoms with Crippen molar-refractivity contribution < 1.29 is 22.8 Å². The maximum atomic E-state index is 12.7. The summed E-state index contributed by atoms with van der Waals surface area (Å²) in [6, 6.07) is 5.42. The zero-order valence-corrected chi connectivity index (χ0v) is 15.4. The van der Waals surface area contributed by atoms with Crippen molar-refractivity contribution in [1.82, 2.24) is 14.9 Å². The van der Waals surface area contributed by atoms with Gasteiger partial charge in [-0.25, -0.2) is 13.1 Å². The zero-order valence-electron chi connectivity index (χ0n) is 14.6. The lowest BCUT2D eigenvalue weighted by molar-refractivity contribution is -0.387. The highest BCUT2D eigenvalue weighted by Crippen LogP contribution is 2.33. The lowest BCUT2D eigenvalue weighted by Gasteiger charge is -2.31. The number of aromatic amines is 1. The summed E-state index contributed by atoms with van der Waals surface area (Å²) in [5.74, 6) is 0.0897. The third kappa shape index (κ3) is 4.26. The van der Waals surface area contributed by atoms with Gasteiger partial charge in [0.2, 0.25) is 10.0 Å². The van der Waals surface area contributed by atoms with Gasteiger partial charge in [-0.1, -0.05) is 0 Å². The van der Waals surface area contributed by atoms with E-state index in [1.165, 1.54) is 19.2 Å². The Morgan fingerprint density at radius 2 is 2.26 bits per heavy atom. The summed E-state index contributed by atoms with van der Waals surface area (Å²) >= 11 is 0. The van der Waals surface area contributed by atoms with Gasteiger partial charge in [0.05, 0.1) is 23.8 Å². The molecule has 1 aromatic carbocycles. The maximum Gasteiger partial charge on any atom is 0.293 e. The maximum absolute atomic E-state index is 12.7. The lowest BCUT2D eigenvalue weighted by Crippen LogP contribution is -2.35. The number of hydrogen-bond donors (Lipinski definition) is 2. The molecule has 0 unspecified atom stereocenters. The fourth-order valence-electron chi connectivity index (χ4n) is 3.11. The Morgan fingerprint density at radius 1 is 1.44 bits per heavy atom. The number of ether oxygens (including phenoxy) is 2. The average Bonchev–Trinajstić information content (AvgIpc) is 3.20. The van der Waals surface area contributed by atoms with Crippen molar-refractivity contribution in [3.8, 4) is 5.75 Å². The Morgan fingerprint density at radius 3 is 2.93 bits per heavy atom. The van der Waals surface area contributed by atoms with Crippen molar-refractivity contribution in [2.75, 3.05) is 20.3 Å². The standard InChI is InChI=1S/C16H20N4O6S/c1-25-12-4-5-15(14(9-12)20(21)22)27(23,24)18-10-11-3-2-8-26-16(11)13-6-7-17-19-13/h4-7,9,11,16,18H,2-3,8,10H2,1H3,(H,17,19)/t11-,16+/m0/s1. The molecule has 0 amide bonds. The summed E-state index contributed by atoms with van der Waals surface area (Å²) < 4.78 is 38.5. The van der Waals surface area contributed by atoms with Crippen molar-refractivity contribution in [3.05, 3.63) is 46.3 Å². The van der Waals surface area contributed by atoms with Crippen LogP contribution in [0.25, 0.3) is 0 Å². The average molecular weight is 396 g/mol. The molecule has 1 fully saturated rings. The van der Waals surface area contributed by atoms with E-state index in [-0.39, 0.29) is 24.3 Å². The minimum Gasteiger partial charge on any atom is -0.497 e. The third-order valence-electron chi connectivity index (χ3n) is 4.46. The number of nitrogens with zero attached hydrogens (tertiary/aromatic N) is 2. The Hall–Kier alpha value is -2.50. The van der Waals surface area contributed by atoms with Gasteiger partial charge in [0.1, 0.15) is 11.9 Å². The highest BCUT2D eigenvalue weighted by Gasteiger charge is 2.32. The molecule has 11 heteroatoms. The molecule has 3 rings (SSSR count). The molecule has 2 aromatic rings. The van der Waals surface area contributed by atoms with Gasteiger partial charge in [-0.05, 0) is 31.0 Å². The van der Waals surface area contributed by atoms with Crippen LogP contribution >= 0.6 is 0 Å². The Kier molecular flexibility index (Phi) is 5.73. The second-order valence-electron chi connectivity index (χ2n) is 6.15. The predicted molar refractivity (Wildman–Crippen MR) is 94.8 cm³/mol. The number of nitro groups is 1. The van der Waals surface area contributed by atoms with Crippen LogP contribution in [0, 0.1) is 16.0 Å². The van der Waals surface area contributed by atoms with Gasteiger partial charge in [0.25, 0.3) is 5.69 Å². The molecule has 1 aromatic heterocycles.